The van der Waals surface area contributed by atoms with Crippen molar-refractivity contribution in [3.63, 3.8) is 0 Å². The Labute approximate surface area is 171 Å². The fourth-order valence-corrected chi connectivity index (χ4v) is 3.85. The van der Waals surface area contributed by atoms with Crippen molar-refractivity contribution in [2.75, 3.05) is 11.9 Å². The second kappa shape index (κ2) is 7.28. The number of carbonyl (C=O) groups is 1. The Morgan fingerprint density at radius 3 is 2.14 bits per heavy atom. The summed E-state index contributed by atoms with van der Waals surface area (Å²) in [6.07, 6.45) is -0.576. The molecule has 3 aromatic carbocycles. The van der Waals surface area contributed by atoms with E-state index >= 15 is 0 Å². The van der Waals surface area contributed by atoms with Gasteiger partial charge >= 0.3 is 6.09 Å². The average molecular weight is 387 g/mol. The molecule has 0 atom stereocenters. The fraction of sp³-hybridized carbons (Fsp3) is 0.240. The number of hydrogen-bond acceptors (Lipinski definition) is 3. The van der Waals surface area contributed by atoms with Gasteiger partial charge in [0.15, 0.2) is 0 Å². The molecule has 1 aliphatic rings. The van der Waals surface area contributed by atoms with Gasteiger partial charge in [0.25, 0.3) is 0 Å². The standard InChI is InChI=1S/C25H25NO3/c1-25(2,3)16-12-13-23(27)22(14-16)26-24(28)29-15-21-19-10-6-4-8-17(19)18-9-5-7-11-20(18)21/h4-14,21,27H,15H2,1-3H3,(H,26,28). The highest BCUT2D eigenvalue weighted by molar-refractivity contribution is 5.87. The highest BCUT2D eigenvalue weighted by Crippen LogP contribution is 2.44. The summed E-state index contributed by atoms with van der Waals surface area (Å²) in [5.41, 5.74) is 5.99. The first kappa shape index (κ1) is 19.1. The molecule has 3 aromatic rings. The average Bonchev–Trinajstić information content (AvgIpc) is 3.01. The quantitative estimate of drug-likeness (QED) is 0.538. The van der Waals surface area contributed by atoms with Gasteiger partial charge in [-0.1, -0.05) is 75.4 Å². The van der Waals surface area contributed by atoms with Gasteiger partial charge in [-0.15, -0.1) is 0 Å². The van der Waals surface area contributed by atoms with Gasteiger partial charge in [0.2, 0.25) is 0 Å². The number of anilines is 1. The molecule has 0 aliphatic heterocycles. The Kier molecular flexibility index (Phi) is 4.79. The maximum absolute atomic E-state index is 12.5. The first-order valence-electron chi connectivity index (χ1n) is 9.80. The van der Waals surface area contributed by atoms with Gasteiger partial charge in [-0.2, -0.15) is 0 Å². The van der Waals surface area contributed by atoms with E-state index in [1.807, 2.05) is 30.3 Å². The lowest BCUT2D eigenvalue weighted by atomic mass is 9.87. The molecule has 1 aliphatic carbocycles. The number of amides is 1. The summed E-state index contributed by atoms with van der Waals surface area (Å²) in [7, 11) is 0. The minimum atomic E-state index is -0.576. The number of hydrogen-bond donors (Lipinski definition) is 2. The molecule has 4 heteroatoms. The smallest absolute Gasteiger partial charge is 0.411 e. The number of ether oxygens (including phenoxy) is 1. The van der Waals surface area contributed by atoms with Crippen molar-refractivity contribution in [3.05, 3.63) is 83.4 Å². The van der Waals surface area contributed by atoms with Crippen molar-refractivity contribution in [3.8, 4) is 16.9 Å². The number of carbonyl (C=O) groups excluding carboxylic acids is 1. The van der Waals surface area contributed by atoms with Crippen molar-refractivity contribution in [1.82, 2.24) is 0 Å². The van der Waals surface area contributed by atoms with Crippen LogP contribution in [0.4, 0.5) is 10.5 Å². The van der Waals surface area contributed by atoms with E-state index in [4.69, 9.17) is 4.74 Å². The van der Waals surface area contributed by atoms with Crippen molar-refractivity contribution < 1.29 is 14.6 Å². The van der Waals surface area contributed by atoms with Crippen LogP contribution in [0.3, 0.4) is 0 Å². The zero-order chi connectivity index (χ0) is 20.6. The number of rotatable bonds is 3. The number of fused-ring (bicyclic) bond motifs is 3. The molecule has 148 valence electrons. The molecule has 0 heterocycles. The number of benzene rings is 3. The minimum absolute atomic E-state index is 0.00246. The van der Waals surface area contributed by atoms with E-state index in [2.05, 4.69) is 50.4 Å². The zero-order valence-corrected chi connectivity index (χ0v) is 16.9. The first-order valence-corrected chi connectivity index (χ1v) is 9.80. The largest absolute Gasteiger partial charge is 0.506 e. The van der Waals surface area contributed by atoms with Gasteiger partial charge in [-0.25, -0.2) is 4.79 Å². The van der Waals surface area contributed by atoms with Gasteiger partial charge in [0.05, 0.1) is 5.69 Å². The van der Waals surface area contributed by atoms with Crippen LogP contribution in [0.2, 0.25) is 0 Å². The molecule has 0 saturated carbocycles. The highest BCUT2D eigenvalue weighted by Gasteiger charge is 2.29. The predicted molar refractivity (Wildman–Crippen MR) is 115 cm³/mol. The van der Waals surface area contributed by atoms with Gasteiger partial charge in [0.1, 0.15) is 12.4 Å². The lowest BCUT2D eigenvalue weighted by Crippen LogP contribution is -2.18. The molecule has 0 fully saturated rings. The summed E-state index contributed by atoms with van der Waals surface area (Å²) in [6.45, 7) is 6.48. The van der Waals surface area contributed by atoms with E-state index in [-0.39, 0.29) is 23.7 Å². The lowest BCUT2D eigenvalue weighted by Gasteiger charge is -2.20. The van der Waals surface area contributed by atoms with E-state index in [9.17, 15) is 9.90 Å². The molecule has 4 rings (SSSR count). The Hall–Kier alpha value is -3.27. The molecule has 4 nitrogen and oxygen atoms in total. The Morgan fingerprint density at radius 2 is 1.55 bits per heavy atom. The van der Waals surface area contributed by atoms with Crippen LogP contribution in [0.1, 0.15) is 43.4 Å². The third kappa shape index (κ3) is 3.70. The number of aromatic hydroxyl groups is 1. The summed E-state index contributed by atoms with van der Waals surface area (Å²) in [5.74, 6) is 0.0224. The second-order valence-electron chi connectivity index (χ2n) is 8.43. The monoisotopic (exact) mass is 387 g/mol. The summed E-state index contributed by atoms with van der Waals surface area (Å²) in [6, 6.07) is 21.7. The summed E-state index contributed by atoms with van der Waals surface area (Å²) >= 11 is 0. The van der Waals surface area contributed by atoms with Gasteiger partial charge in [-0.05, 0) is 45.4 Å². The van der Waals surface area contributed by atoms with Crippen molar-refractivity contribution in [2.24, 2.45) is 0 Å². The van der Waals surface area contributed by atoms with Crippen LogP contribution < -0.4 is 5.32 Å². The van der Waals surface area contributed by atoms with Crippen LogP contribution in [-0.4, -0.2) is 17.8 Å². The molecule has 0 unspecified atom stereocenters. The van der Waals surface area contributed by atoms with E-state index in [1.54, 1.807) is 12.1 Å². The van der Waals surface area contributed by atoms with Crippen molar-refractivity contribution in [1.29, 1.82) is 0 Å². The van der Waals surface area contributed by atoms with Crippen LogP contribution in [0.25, 0.3) is 11.1 Å². The number of phenolic OH excluding ortho intramolecular Hbond substituents is 1. The maximum Gasteiger partial charge on any atom is 0.411 e. The fourth-order valence-electron chi connectivity index (χ4n) is 3.85. The minimum Gasteiger partial charge on any atom is -0.506 e. The molecule has 0 aromatic heterocycles. The molecule has 1 amide bonds. The van der Waals surface area contributed by atoms with E-state index < -0.39 is 6.09 Å². The summed E-state index contributed by atoms with van der Waals surface area (Å²) in [5, 5.41) is 12.8. The molecular formula is C25H25NO3. The van der Waals surface area contributed by atoms with E-state index in [0.717, 1.165) is 5.56 Å². The van der Waals surface area contributed by atoms with Crippen molar-refractivity contribution in [2.45, 2.75) is 32.1 Å². The Morgan fingerprint density at radius 1 is 0.966 bits per heavy atom. The predicted octanol–water partition coefficient (Wildman–Crippen LogP) is 6.05. The first-order chi connectivity index (χ1) is 13.8. The summed E-state index contributed by atoms with van der Waals surface area (Å²) < 4.78 is 5.56. The second-order valence-corrected chi connectivity index (χ2v) is 8.43. The molecule has 29 heavy (non-hydrogen) atoms. The molecule has 0 spiro atoms. The maximum atomic E-state index is 12.5. The third-order valence-corrected chi connectivity index (χ3v) is 5.44. The van der Waals surface area contributed by atoms with Crippen LogP contribution in [0.15, 0.2) is 66.7 Å². The van der Waals surface area contributed by atoms with Crippen LogP contribution in [0.5, 0.6) is 5.75 Å². The SMILES string of the molecule is CC(C)(C)c1ccc(O)c(NC(=O)OCC2c3ccccc3-c3ccccc32)c1. The highest BCUT2D eigenvalue weighted by atomic mass is 16.5. The van der Waals surface area contributed by atoms with Crippen LogP contribution in [-0.2, 0) is 10.2 Å². The Balaban J connectivity index is 1.50. The molecular weight excluding hydrogens is 362 g/mol. The number of phenols is 1. The summed E-state index contributed by atoms with van der Waals surface area (Å²) in [4.78, 5) is 12.5. The van der Waals surface area contributed by atoms with Crippen LogP contribution in [0, 0.1) is 0 Å². The molecule has 0 bridgehead atoms. The zero-order valence-electron chi connectivity index (χ0n) is 16.9. The lowest BCUT2D eigenvalue weighted by molar-refractivity contribution is 0.158. The van der Waals surface area contributed by atoms with Crippen LogP contribution >= 0.6 is 0 Å². The molecule has 2 N–H and O–H groups in total. The van der Waals surface area contributed by atoms with E-state index in [1.165, 1.54) is 22.3 Å². The third-order valence-electron chi connectivity index (χ3n) is 5.44. The topological polar surface area (TPSA) is 58.6 Å². The van der Waals surface area contributed by atoms with E-state index in [0.29, 0.717) is 5.69 Å². The number of nitrogens with one attached hydrogen (secondary N) is 1. The van der Waals surface area contributed by atoms with Gasteiger partial charge < -0.3 is 9.84 Å². The molecule has 0 saturated heterocycles. The van der Waals surface area contributed by atoms with Gasteiger partial charge in [-0.3, -0.25) is 5.32 Å². The molecule has 0 radical (unpaired) electrons. The normalized spacial score (nSPS) is 12.9. The van der Waals surface area contributed by atoms with Gasteiger partial charge in [0, 0.05) is 5.92 Å². The van der Waals surface area contributed by atoms with Crippen molar-refractivity contribution >= 4 is 11.8 Å². The Bertz CT molecular complexity index is 1020.